The minimum atomic E-state index is 0.0178. The van der Waals surface area contributed by atoms with Gasteiger partial charge in [0.1, 0.15) is 0 Å². The van der Waals surface area contributed by atoms with E-state index in [1.165, 1.54) is 0 Å². The van der Waals surface area contributed by atoms with Crippen molar-refractivity contribution < 1.29 is 0 Å². The molecule has 0 aromatic carbocycles. The standard InChI is InChI=1S/C14H24N4O/c1-11(2)10-18-8-7-16-13(14(18)19)17(3)12-5-4-6-15-9-12/h7-8,11-12,15H,4-6,9-10H2,1-3H3. The Balaban J connectivity index is 2.21. The fourth-order valence-electron chi connectivity index (χ4n) is 2.55. The van der Waals surface area contributed by atoms with Gasteiger partial charge in [-0.15, -0.1) is 0 Å². The SMILES string of the molecule is CC(C)Cn1ccnc(N(C)C2CCCNC2)c1=O. The van der Waals surface area contributed by atoms with Gasteiger partial charge in [-0.25, -0.2) is 4.98 Å². The van der Waals surface area contributed by atoms with Crippen LogP contribution in [0.5, 0.6) is 0 Å². The van der Waals surface area contributed by atoms with Crippen molar-refractivity contribution in [2.75, 3.05) is 25.0 Å². The molecule has 1 aliphatic rings. The molecule has 1 unspecified atom stereocenters. The lowest BCUT2D eigenvalue weighted by Gasteiger charge is -2.32. The van der Waals surface area contributed by atoms with Crippen molar-refractivity contribution in [3.63, 3.8) is 0 Å². The van der Waals surface area contributed by atoms with Gasteiger partial charge in [0.25, 0.3) is 5.56 Å². The molecule has 2 heterocycles. The average molecular weight is 264 g/mol. The summed E-state index contributed by atoms with van der Waals surface area (Å²) in [5.74, 6) is 1.02. The number of likely N-dealkylation sites (N-methyl/N-ethyl adjacent to an activating group) is 1. The second kappa shape index (κ2) is 6.19. The quantitative estimate of drug-likeness (QED) is 0.884. The van der Waals surface area contributed by atoms with Crippen molar-refractivity contribution >= 4 is 5.82 Å². The number of nitrogens with zero attached hydrogens (tertiary/aromatic N) is 3. The third kappa shape index (κ3) is 3.35. The molecule has 2 rings (SSSR count). The lowest BCUT2D eigenvalue weighted by Crippen LogP contribution is -2.46. The molecular weight excluding hydrogens is 240 g/mol. The van der Waals surface area contributed by atoms with Crippen molar-refractivity contribution in [3.8, 4) is 0 Å². The predicted molar refractivity (Wildman–Crippen MR) is 77.6 cm³/mol. The molecule has 1 aliphatic heterocycles. The Morgan fingerprint density at radius 3 is 3.00 bits per heavy atom. The van der Waals surface area contributed by atoms with Gasteiger partial charge >= 0.3 is 0 Å². The van der Waals surface area contributed by atoms with Crippen LogP contribution in [-0.4, -0.2) is 35.7 Å². The van der Waals surface area contributed by atoms with E-state index in [0.717, 1.165) is 32.5 Å². The minimum Gasteiger partial charge on any atom is -0.351 e. The van der Waals surface area contributed by atoms with Crippen molar-refractivity contribution in [2.24, 2.45) is 5.92 Å². The third-order valence-electron chi connectivity index (χ3n) is 3.61. The van der Waals surface area contributed by atoms with Crippen LogP contribution >= 0.6 is 0 Å². The molecule has 0 aliphatic carbocycles. The third-order valence-corrected chi connectivity index (χ3v) is 3.61. The van der Waals surface area contributed by atoms with Gasteiger partial charge in [-0.05, 0) is 25.3 Å². The van der Waals surface area contributed by atoms with Gasteiger partial charge < -0.3 is 14.8 Å². The van der Waals surface area contributed by atoms with Crippen LogP contribution in [0.3, 0.4) is 0 Å². The number of nitrogens with one attached hydrogen (secondary N) is 1. The Morgan fingerprint density at radius 1 is 1.58 bits per heavy atom. The highest BCUT2D eigenvalue weighted by atomic mass is 16.1. The van der Waals surface area contributed by atoms with E-state index in [-0.39, 0.29) is 5.56 Å². The molecule has 19 heavy (non-hydrogen) atoms. The number of hydrogen-bond acceptors (Lipinski definition) is 4. The summed E-state index contributed by atoms with van der Waals surface area (Å²) < 4.78 is 1.76. The van der Waals surface area contributed by atoms with Crippen LogP contribution in [0.15, 0.2) is 17.2 Å². The van der Waals surface area contributed by atoms with E-state index in [0.29, 0.717) is 17.8 Å². The first kappa shape index (κ1) is 14.1. The van der Waals surface area contributed by atoms with Gasteiger partial charge in [0, 0.05) is 38.6 Å². The van der Waals surface area contributed by atoms with E-state index in [4.69, 9.17) is 0 Å². The molecule has 0 radical (unpaired) electrons. The first-order valence-corrected chi connectivity index (χ1v) is 7.08. The fraction of sp³-hybridized carbons (Fsp3) is 0.714. The molecule has 1 aromatic heterocycles. The van der Waals surface area contributed by atoms with Crippen LogP contribution in [0.25, 0.3) is 0 Å². The van der Waals surface area contributed by atoms with Crippen molar-refractivity contribution in [1.29, 1.82) is 0 Å². The van der Waals surface area contributed by atoms with E-state index in [9.17, 15) is 4.79 Å². The largest absolute Gasteiger partial charge is 0.351 e. The second-order valence-corrected chi connectivity index (χ2v) is 5.71. The van der Waals surface area contributed by atoms with Gasteiger partial charge in [-0.2, -0.15) is 0 Å². The van der Waals surface area contributed by atoms with Crippen molar-refractivity contribution in [1.82, 2.24) is 14.9 Å². The van der Waals surface area contributed by atoms with Crippen LogP contribution in [0.1, 0.15) is 26.7 Å². The number of piperidine rings is 1. The smallest absolute Gasteiger partial charge is 0.293 e. The maximum absolute atomic E-state index is 12.4. The first-order chi connectivity index (χ1) is 9.09. The Morgan fingerprint density at radius 2 is 2.37 bits per heavy atom. The summed E-state index contributed by atoms with van der Waals surface area (Å²) in [6, 6.07) is 0.365. The van der Waals surface area contributed by atoms with E-state index in [1.54, 1.807) is 17.0 Å². The van der Waals surface area contributed by atoms with E-state index < -0.39 is 0 Å². The summed E-state index contributed by atoms with van der Waals surface area (Å²) in [6.45, 7) is 6.97. The molecule has 1 saturated heterocycles. The molecule has 106 valence electrons. The summed E-state index contributed by atoms with van der Waals surface area (Å²) in [5, 5.41) is 3.37. The zero-order valence-electron chi connectivity index (χ0n) is 12.1. The van der Waals surface area contributed by atoms with Crippen LogP contribution in [0.4, 0.5) is 5.82 Å². The fourth-order valence-corrected chi connectivity index (χ4v) is 2.55. The first-order valence-electron chi connectivity index (χ1n) is 7.08. The van der Waals surface area contributed by atoms with E-state index in [2.05, 4.69) is 24.1 Å². The zero-order valence-corrected chi connectivity index (χ0v) is 12.1. The Kier molecular flexibility index (Phi) is 4.58. The highest BCUT2D eigenvalue weighted by Crippen LogP contribution is 2.13. The Hall–Kier alpha value is -1.36. The normalized spacial score (nSPS) is 19.7. The van der Waals surface area contributed by atoms with Gasteiger partial charge in [-0.3, -0.25) is 4.79 Å². The van der Waals surface area contributed by atoms with Gasteiger partial charge in [0.15, 0.2) is 5.82 Å². The lowest BCUT2D eigenvalue weighted by molar-refractivity contribution is 0.440. The van der Waals surface area contributed by atoms with Gasteiger partial charge in [-0.1, -0.05) is 13.8 Å². The van der Waals surface area contributed by atoms with Crippen LogP contribution in [-0.2, 0) is 6.54 Å². The lowest BCUT2D eigenvalue weighted by atomic mass is 10.1. The van der Waals surface area contributed by atoms with E-state index in [1.807, 2.05) is 11.9 Å². The summed E-state index contributed by atoms with van der Waals surface area (Å²) in [5.41, 5.74) is 0.0178. The molecule has 1 fully saturated rings. The molecule has 0 bridgehead atoms. The Labute approximate surface area is 114 Å². The highest BCUT2D eigenvalue weighted by molar-refractivity contribution is 5.36. The number of anilines is 1. The van der Waals surface area contributed by atoms with Crippen LogP contribution in [0, 0.1) is 5.92 Å². The predicted octanol–water partition coefficient (Wildman–Crippen LogP) is 1.09. The van der Waals surface area contributed by atoms with Crippen molar-refractivity contribution in [2.45, 2.75) is 39.3 Å². The molecule has 5 heteroatoms. The molecule has 0 amide bonds. The summed E-state index contributed by atoms with van der Waals surface area (Å²) >= 11 is 0. The maximum atomic E-state index is 12.4. The number of aromatic nitrogens is 2. The summed E-state index contributed by atoms with van der Waals surface area (Å²) in [7, 11) is 1.97. The van der Waals surface area contributed by atoms with Crippen LogP contribution < -0.4 is 15.8 Å². The Bertz CT molecular complexity index is 463. The molecular formula is C14H24N4O. The second-order valence-electron chi connectivity index (χ2n) is 5.71. The van der Waals surface area contributed by atoms with Gasteiger partial charge in [0.2, 0.25) is 0 Å². The average Bonchev–Trinajstić information content (AvgIpc) is 2.41. The van der Waals surface area contributed by atoms with Gasteiger partial charge in [0.05, 0.1) is 0 Å². The number of rotatable bonds is 4. The van der Waals surface area contributed by atoms with E-state index >= 15 is 0 Å². The molecule has 5 nitrogen and oxygen atoms in total. The number of hydrogen-bond donors (Lipinski definition) is 1. The monoisotopic (exact) mass is 264 g/mol. The molecule has 1 atom stereocenters. The maximum Gasteiger partial charge on any atom is 0.293 e. The van der Waals surface area contributed by atoms with Crippen LogP contribution in [0.2, 0.25) is 0 Å². The summed E-state index contributed by atoms with van der Waals surface area (Å²) in [6.07, 6.45) is 5.77. The van der Waals surface area contributed by atoms with Crippen molar-refractivity contribution in [3.05, 3.63) is 22.7 Å². The zero-order chi connectivity index (χ0) is 13.8. The minimum absolute atomic E-state index is 0.0178. The highest BCUT2D eigenvalue weighted by Gasteiger charge is 2.21. The molecule has 0 spiro atoms. The topological polar surface area (TPSA) is 50.2 Å². The summed E-state index contributed by atoms with van der Waals surface area (Å²) in [4.78, 5) is 18.7. The molecule has 0 saturated carbocycles. The molecule has 1 N–H and O–H groups in total. The molecule has 1 aromatic rings.